The molecule has 68 valence electrons. The van der Waals surface area contributed by atoms with E-state index in [2.05, 4.69) is 11.8 Å². The molecule has 0 aliphatic heterocycles. The molecule has 0 aromatic rings. The SMILES string of the molecule is CCN(CC1CC1)C(=N)C1CC1. The number of rotatable bonds is 4. The Bertz CT molecular complexity index is 180. The number of amidine groups is 1. The van der Waals surface area contributed by atoms with E-state index in [-0.39, 0.29) is 0 Å². The van der Waals surface area contributed by atoms with E-state index < -0.39 is 0 Å². The topological polar surface area (TPSA) is 27.1 Å². The number of nitrogens with zero attached hydrogens (tertiary/aromatic N) is 1. The van der Waals surface area contributed by atoms with Gasteiger partial charge in [-0.05, 0) is 38.5 Å². The highest BCUT2D eigenvalue weighted by Crippen LogP contribution is 2.34. The van der Waals surface area contributed by atoms with Crippen molar-refractivity contribution in [2.75, 3.05) is 13.1 Å². The molecule has 0 radical (unpaired) electrons. The van der Waals surface area contributed by atoms with Crippen LogP contribution < -0.4 is 0 Å². The molecule has 0 unspecified atom stereocenters. The van der Waals surface area contributed by atoms with Crippen LogP contribution in [-0.2, 0) is 0 Å². The maximum atomic E-state index is 7.91. The molecule has 0 spiro atoms. The van der Waals surface area contributed by atoms with Gasteiger partial charge in [0.05, 0.1) is 5.84 Å². The van der Waals surface area contributed by atoms with Crippen molar-refractivity contribution in [1.29, 1.82) is 5.41 Å². The zero-order valence-corrected chi connectivity index (χ0v) is 7.84. The molecular formula is C10H18N2. The summed E-state index contributed by atoms with van der Waals surface area (Å²) in [5, 5.41) is 7.91. The van der Waals surface area contributed by atoms with Gasteiger partial charge in [0.1, 0.15) is 0 Å². The average molecular weight is 166 g/mol. The standard InChI is InChI=1S/C10H18N2/c1-2-12(7-8-3-4-8)10(11)9-5-6-9/h8-9,11H,2-7H2,1H3. The normalized spacial score (nSPS) is 22.4. The molecule has 0 amide bonds. The van der Waals surface area contributed by atoms with Crippen molar-refractivity contribution in [3.63, 3.8) is 0 Å². The molecule has 0 heterocycles. The van der Waals surface area contributed by atoms with Gasteiger partial charge >= 0.3 is 0 Å². The van der Waals surface area contributed by atoms with Crippen molar-refractivity contribution < 1.29 is 0 Å². The lowest BCUT2D eigenvalue weighted by atomic mass is 10.3. The Kier molecular flexibility index (Phi) is 2.07. The van der Waals surface area contributed by atoms with Gasteiger partial charge in [0.2, 0.25) is 0 Å². The lowest BCUT2D eigenvalue weighted by molar-refractivity contribution is 0.406. The minimum Gasteiger partial charge on any atom is -0.360 e. The van der Waals surface area contributed by atoms with Gasteiger partial charge in [-0.3, -0.25) is 5.41 Å². The van der Waals surface area contributed by atoms with Crippen LogP contribution in [0.15, 0.2) is 0 Å². The van der Waals surface area contributed by atoms with Gasteiger partial charge in [0.15, 0.2) is 0 Å². The molecule has 2 saturated carbocycles. The smallest absolute Gasteiger partial charge is 0.0989 e. The summed E-state index contributed by atoms with van der Waals surface area (Å²) in [6, 6.07) is 0. The summed E-state index contributed by atoms with van der Waals surface area (Å²) in [5.74, 6) is 2.47. The first kappa shape index (κ1) is 8.09. The summed E-state index contributed by atoms with van der Waals surface area (Å²) in [6.45, 7) is 4.36. The van der Waals surface area contributed by atoms with Gasteiger partial charge in [-0.2, -0.15) is 0 Å². The van der Waals surface area contributed by atoms with Crippen LogP contribution in [0.5, 0.6) is 0 Å². The van der Waals surface area contributed by atoms with Crippen molar-refractivity contribution in [3.05, 3.63) is 0 Å². The number of hydrogen-bond acceptors (Lipinski definition) is 1. The van der Waals surface area contributed by atoms with E-state index in [9.17, 15) is 0 Å². The second-order valence-corrected chi connectivity index (χ2v) is 4.14. The molecule has 2 aliphatic carbocycles. The summed E-state index contributed by atoms with van der Waals surface area (Å²) in [5.41, 5.74) is 0. The van der Waals surface area contributed by atoms with Crippen LogP contribution in [0.4, 0.5) is 0 Å². The Labute approximate surface area is 74.5 Å². The first-order valence-electron chi connectivity index (χ1n) is 5.14. The largest absolute Gasteiger partial charge is 0.360 e. The molecule has 2 aliphatic rings. The van der Waals surface area contributed by atoms with Crippen molar-refractivity contribution in [3.8, 4) is 0 Å². The van der Waals surface area contributed by atoms with Crippen LogP contribution in [0.2, 0.25) is 0 Å². The fourth-order valence-corrected chi connectivity index (χ4v) is 1.62. The second-order valence-electron chi connectivity index (χ2n) is 4.14. The molecule has 1 N–H and O–H groups in total. The minimum atomic E-state index is 0.628. The zero-order chi connectivity index (χ0) is 8.55. The first-order valence-corrected chi connectivity index (χ1v) is 5.14. The molecule has 0 aromatic heterocycles. The third-order valence-corrected chi connectivity index (χ3v) is 2.86. The summed E-state index contributed by atoms with van der Waals surface area (Å²) in [6.07, 6.45) is 5.32. The lowest BCUT2D eigenvalue weighted by Gasteiger charge is -2.23. The van der Waals surface area contributed by atoms with Gasteiger partial charge in [-0.1, -0.05) is 0 Å². The van der Waals surface area contributed by atoms with Crippen molar-refractivity contribution in [2.45, 2.75) is 32.6 Å². The van der Waals surface area contributed by atoms with Crippen LogP contribution in [0.25, 0.3) is 0 Å². The van der Waals surface area contributed by atoms with Crippen LogP contribution in [0.3, 0.4) is 0 Å². The predicted octanol–water partition coefficient (Wildman–Crippen LogP) is 2.11. The third-order valence-electron chi connectivity index (χ3n) is 2.86. The molecule has 2 heteroatoms. The first-order chi connectivity index (χ1) is 5.81. The maximum absolute atomic E-state index is 7.91. The molecular weight excluding hydrogens is 148 g/mol. The van der Waals surface area contributed by atoms with Crippen molar-refractivity contribution in [2.24, 2.45) is 11.8 Å². The number of nitrogens with one attached hydrogen (secondary N) is 1. The molecule has 2 fully saturated rings. The highest BCUT2D eigenvalue weighted by Gasteiger charge is 2.32. The van der Waals surface area contributed by atoms with Crippen LogP contribution >= 0.6 is 0 Å². The van der Waals surface area contributed by atoms with Crippen LogP contribution in [-0.4, -0.2) is 23.8 Å². The lowest BCUT2D eigenvalue weighted by Crippen LogP contribution is -2.33. The fraction of sp³-hybridized carbons (Fsp3) is 0.900. The summed E-state index contributed by atoms with van der Waals surface area (Å²) < 4.78 is 0. The van der Waals surface area contributed by atoms with Gasteiger partial charge in [-0.25, -0.2) is 0 Å². The van der Waals surface area contributed by atoms with Gasteiger partial charge in [-0.15, -0.1) is 0 Å². The summed E-state index contributed by atoms with van der Waals surface area (Å²) >= 11 is 0. The van der Waals surface area contributed by atoms with E-state index in [1.54, 1.807) is 0 Å². The Morgan fingerprint density at radius 2 is 2.00 bits per heavy atom. The third kappa shape index (κ3) is 1.79. The van der Waals surface area contributed by atoms with Gasteiger partial charge < -0.3 is 4.90 Å². The summed E-state index contributed by atoms with van der Waals surface area (Å²) in [4.78, 5) is 2.27. The highest BCUT2D eigenvalue weighted by molar-refractivity contribution is 5.83. The Morgan fingerprint density at radius 3 is 2.42 bits per heavy atom. The quantitative estimate of drug-likeness (QED) is 0.502. The molecule has 0 saturated heterocycles. The van der Waals surface area contributed by atoms with Crippen LogP contribution in [0, 0.1) is 17.2 Å². The zero-order valence-electron chi connectivity index (χ0n) is 7.84. The highest BCUT2D eigenvalue weighted by atomic mass is 15.2. The second kappa shape index (κ2) is 3.08. The molecule has 12 heavy (non-hydrogen) atoms. The van der Waals surface area contributed by atoms with E-state index in [0.717, 1.165) is 24.8 Å². The van der Waals surface area contributed by atoms with Gasteiger partial charge in [0.25, 0.3) is 0 Å². The average Bonchev–Trinajstić information content (AvgIpc) is 2.89. The van der Waals surface area contributed by atoms with Crippen molar-refractivity contribution >= 4 is 5.84 Å². The van der Waals surface area contributed by atoms with E-state index in [1.807, 2.05) is 0 Å². The Balaban J connectivity index is 1.82. The van der Waals surface area contributed by atoms with E-state index >= 15 is 0 Å². The van der Waals surface area contributed by atoms with E-state index in [0.29, 0.717) is 5.92 Å². The molecule has 0 bridgehead atoms. The van der Waals surface area contributed by atoms with Crippen LogP contribution in [0.1, 0.15) is 32.6 Å². The molecule has 0 aromatic carbocycles. The minimum absolute atomic E-state index is 0.628. The van der Waals surface area contributed by atoms with E-state index in [1.165, 1.54) is 25.7 Å². The Morgan fingerprint density at radius 1 is 1.33 bits per heavy atom. The summed E-state index contributed by atoms with van der Waals surface area (Å²) in [7, 11) is 0. The molecule has 2 rings (SSSR count). The van der Waals surface area contributed by atoms with Gasteiger partial charge in [0, 0.05) is 19.0 Å². The monoisotopic (exact) mass is 166 g/mol. The predicted molar refractivity (Wildman–Crippen MR) is 50.4 cm³/mol. The molecule has 0 atom stereocenters. The van der Waals surface area contributed by atoms with Crippen molar-refractivity contribution in [1.82, 2.24) is 4.90 Å². The number of hydrogen-bond donors (Lipinski definition) is 1. The molecule has 2 nitrogen and oxygen atoms in total. The fourth-order valence-electron chi connectivity index (χ4n) is 1.62. The van der Waals surface area contributed by atoms with E-state index in [4.69, 9.17) is 5.41 Å². The maximum Gasteiger partial charge on any atom is 0.0989 e. The Hall–Kier alpha value is -0.530.